The first-order valence-electron chi connectivity index (χ1n) is 8.87. The van der Waals surface area contributed by atoms with Crippen molar-refractivity contribution in [1.82, 2.24) is 5.32 Å². The summed E-state index contributed by atoms with van der Waals surface area (Å²) in [6.45, 7) is 3.65. The number of hydrogen-bond donors (Lipinski definition) is 1. The fourth-order valence-electron chi connectivity index (χ4n) is 2.65. The number of nitrogens with zero attached hydrogens (tertiary/aromatic N) is 1. The minimum absolute atomic E-state index is 0.0277. The van der Waals surface area contributed by atoms with E-state index < -0.39 is 25.1 Å². The predicted octanol–water partition coefficient (Wildman–Crippen LogP) is 2.50. The number of nitrogens with one attached hydrogen (secondary N) is 1. The van der Waals surface area contributed by atoms with Crippen molar-refractivity contribution in [2.75, 3.05) is 6.26 Å². The number of allylic oxidation sites excluding steroid dienone is 1. The van der Waals surface area contributed by atoms with Crippen molar-refractivity contribution < 1.29 is 21.6 Å². The lowest BCUT2D eigenvalue weighted by Gasteiger charge is -2.24. The van der Waals surface area contributed by atoms with Gasteiger partial charge in [-0.25, -0.2) is 16.8 Å². The van der Waals surface area contributed by atoms with Gasteiger partial charge in [0.15, 0.2) is 9.84 Å². The van der Waals surface area contributed by atoms with Crippen LogP contribution >= 0.6 is 0 Å². The van der Waals surface area contributed by atoms with Crippen LogP contribution in [0.4, 0.5) is 0 Å². The van der Waals surface area contributed by atoms with Gasteiger partial charge in [0.05, 0.1) is 21.3 Å². The van der Waals surface area contributed by atoms with Crippen molar-refractivity contribution >= 4 is 25.6 Å². The number of amides is 1. The number of rotatable bonds is 7. The van der Waals surface area contributed by atoms with Crippen LogP contribution in [0.3, 0.4) is 0 Å². The standard InChI is InChI=1S/C21H22N2O5S2/c1-21(2,17-7-11-19(12-8-17)30(27,28)14-4-13-22)20(24)23-15-16-5-9-18(10-6-16)29(3,25)26/h4-12,14H,15H2,1-3H3,(H,23,24). The van der Waals surface area contributed by atoms with Crippen LogP contribution in [-0.4, -0.2) is 29.0 Å². The van der Waals surface area contributed by atoms with Crippen LogP contribution in [0, 0.1) is 11.3 Å². The van der Waals surface area contributed by atoms with Gasteiger partial charge in [0.25, 0.3) is 0 Å². The minimum atomic E-state index is -3.71. The van der Waals surface area contributed by atoms with E-state index in [1.54, 1.807) is 44.2 Å². The molecule has 0 atom stereocenters. The largest absolute Gasteiger partial charge is 0.351 e. The summed E-state index contributed by atoms with van der Waals surface area (Å²) < 4.78 is 47.2. The van der Waals surface area contributed by atoms with Crippen LogP contribution in [0.15, 0.2) is 69.8 Å². The number of benzene rings is 2. The smallest absolute Gasteiger partial charge is 0.230 e. The van der Waals surface area contributed by atoms with Crippen LogP contribution in [0.2, 0.25) is 0 Å². The summed E-state index contributed by atoms with van der Waals surface area (Å²) in [6.07, 6.45) is 2.02. The van der Waals surface area contributed by atoms with E-state index >= 15 is 0 Å². The van der Waals surface area contributed by atoms with Gasteiger partial charge in [-0.05, 0) is 49.2 Å². The van der Waals surface area contributed by atoms with Gasteiger partial charge in [-0.15, -0.1) is 0 Å². The molecule has 7 nitrogen and oxygen atoms in total. The summed E-state index contributed by atoms with van der Waals surface area (Å²) in [5.74, 6) is -0.269. The highest BCUT2D eigenvalue weighted by molar-refractivity contribution is 7.94. The minimum Gasteiger partial charge on any atom is -0.351 e. The molecule has 0 unspecified atom stereocenters. The Morgan fingerprint density at radius 2 is 1.53 bits per heavy atom. The molecule has 0 spiro atoms. The van der Waals surface area contributed by atoms with E-state index in [1.807, 2.05) is 0 Å². The molecule has 2 aromatic rings. The molecule has 30 heavy (non-hydrogen) atoms. The molecule has 1 amide bonds. The zero-order valence-corrected chi connectivity index (χ0v) is 18.4. The highest BCUT2D eigenvalue weighted by Crippen LogP contribution is 2.25. The second-order valence-corrected chi connectivity index (χ2v) is 11.1. The van der Waals surface area contributed by atoms with E-state index in [-0.39, 0.29) is 22.2 Å². The summed E-state index contributed by atoms with van der Waals surface area (Å²) in [7, 11) is -6.99. The lowest BCUT2D eigenvalue weighted by molar-refractivity contribution is -0.125. The molecule has 0 radical (unpaired) electrons. The third kappa shape index (κ3) is 5.55. The molecule has 0 heterocycles. The van der Waals surface area contributed by atoms with Gasteiger partial charge in [-0.2, -0.15) is 5.26 Å². The van der Waals surface area contributed by atoms with Gasteiger partial charge in [0.2, 0.25) is 15.7 Å². The normalized spacial score (nSPS) is 12.5. The quantitative estimate of drug-likeness (QED) is 0.652. The Bertz CT molecular complexity index is 1200. The zero-order chi connectivity index (χ0) is 22.6. The number of carbonyl (C=O) groups excluding carboxylic acids is 1. The summed E-state index contributed by atoms with van der Waals surface area (Å²) in [5.41, 5.74) is 0.435. The third-order valence-electron chi connectivity index (χ3n) is 4.60. The molecule has 0 saturated carbocycles. The first-order valence-corrected chi connectivity index (χ1v) is 12.3. The lowest BCUT2D eigenvalue weighted by Crippen LogP contribution is -2.39. The van der Waals surface area contributed by atoms with E-state index in [4.69, 9.17) is 5.26 Å². The molecule has 0 saturated heterocycles. The highest BCUT2D eigenvalue weighted by Gasteiger charge is 2.29. The van der Waals surface area contributed by atoms with Crippen molar-refractivity contribution in [2.45, 2.75) is 35.6 Å². The van der Waals surface area contributed by atoms with Crippen molar-refractivity contribution in [2.24, 2.45) is 0 Å². The maximum Gasteiger partial charge on any atom is 0.230 e. The van der Waals surface area contributed by atoms with E-state index in [2.05, 4.69) is 5.32 Å². The van der Waals surface area contributed by atoms with Gasteiger partial charge in [0, 0.05) is 24.3 Å². The second kappa shape index (κ2) is 8.81. The Balaban J connectivity index is 2.12. The molecule has 2 rings (SSSR count). The Morgan fingerprint density at radius 1 is 1.00 bits per heavy atom. The monoisotopic (exact) mass is 446 g/mol. The van der Waals surface area contributed by atoms with Gasteiger partial charge < -0.3 is 5.32 Å². The zero-order valence-electron chi connectivity index (χ0n) is 16.8. The summed E-state index contributed by atoms with van der Waals surface area (Å²) >= 11 is 0. The molecule has 0 aliphatic heterocycles. The molecular weight excluding hydrogens is 424 g/mol. The summed E-state index contributed by atoms with van der Waals surface area (Å²) in [4.78, 5) is 12.9. The summed E-state index contributed by atoms with van der Waals surface area (Å²) in [6, 6.07) is 13.8. The van der Waals surface area contributed by atoms with Gasteiger partial charge >= 0.3 is 0 Å². The van der Waals surface area contributed by atoms with Crippen molar-refractivity contribution in [1.29, 1.82) is 5.26 Å². The Kier molecular flexibility index (Phi) is 6.85. The topological polar surface area (TPSA) is 121 Å². The van der Waals surface area contributed by atoms with Crippen LogP contribution in [0.25, 0.3) is 0 Å². The summed E-state index contributed by atoms with van der Waals surface area (Å²) in [5, 5.41) is 12.1. The fraction of sp³-hybridized carbons (Fsp3) is 0.238. The van der Waals surface area contributed by atoms with Crippen LogP contribution in [-0.2, 0) is 36.4 Å². The number of sulfone groups is 2. The van der Waals surface area contributed by atoms with Gasteiger partial charge in [-0.3, -0.25) is 4.79 Å². The number of nitriles is 1. The molecule has 1 N–H and O–H groups in total. The molecule has 0 aliphatic carbocycles. The van der Waals surface area contributed by atoms with Crippen LogP contribution in [0.1, 0.15) is 25.0 Å². The molecular formula is C21H22N2O5S2. The first kappa shape index (κ1) is 23.3. The number of carbonyl (C=O) groups is 1. The van der Waals surface area contributed by atoms with Crippen LogP contribution < -0.4 is 5.32 Å². The van der Waals surface area contributed by atoms with Crippen LogP contribution in [0.5, 0.6) is 0 Å². The van der Waals surface area contributed by atoms with E-state index in [0.29, 0.717) is 5.56 Å². The predicted molar refractivity (Wildman–Crippen MR) is 113 cm³/mol. The Hall–Kier alpha value is -2.96. The highest BCUT2D eigenvalue weighted by atomic mass is 32.2. The molecule has 0 aromatic heterocycles. The van der Waals surface area contributed by atoms with Crippen molar-refractivity contribution in [3.8, 4) is 6.07 Å². The maximum absolute atomic E-state index is 12.7. The average molecular weight is 447 g/mol. The second-order valence-electron chi connectivity index (χ2n) is 7.23. The molecule has 2 aromatic carbocycles. The SMILES string of the molecule is CC(C)(C(=O)NCc1ccc(S(C)(=O)=O)cc1)c1ccc(S(=O)(=O)C=CC#N)cc1. The van der Waals surface area contributed by atoms with E-state index in [1.165, 1.54) is 24.3 Å². The fourth-order valence-corrected chi connectivity index (χ4v) is 4.19. The lowest BCUT2D eigenvalue weighted by atomic mass is 9.83. The van der Waals surface area contributed by atoms with Gasteiger partial charge in [0.1, 0.15) is 0 Å². The third-order valence-corrected chi connectivity index (χ3v) is 7.15. The Labute approximate surface area is 176 Å². The Morgan fingerprint density at radius 3 is 2.03 bits per heavy atom. The average Bonchev–Trinajstić information content (AvgIpc) is 2.70. The maximum atomic E-state index is 12.7. The molecule has 158 valence electrons. The van der Waals surface area contributed by atoms with E-state index in [9.17, 15) is 21.6 Å². The van der Waals surface area contributed by atoms with E-state index in [0.717, 1.165) is 23.3 Å². The van der Waals surface area contributed by atoms with Crippen molar-refractivity contribution in [3.05, 3.63) is 71.1 Å². The molecule has 0 fully saturated rings. The molecule has 0 bridgehead atoms. The molecule has 9 heteroatoms. The van der Waals surface area contributed by atoms with Gasteiger partial charge in [-0.1, -0.05) is 24.3 Å². The number of hydrogen-bond acceptors (Lipinski definition) is 6. The molecule has 0 aliphatic rings. The van der Waals surface area contributed by atoms with Crippen molar-refractivity contribution in [3.63, 3.8) is 0 Å². The first-order chi connectivity index (χ1) is 13.9.